The highest BCUT2D eigenvalue weighted by Crippen LogP contribution is 2.37. The zero-order valence-corrected chi connectivity index (χ0v) is 24.2. The average Bonchev–Trinajstić information content (AvgIpc) is 3.37. The van der Waals surface area contributed by atoms with Gasteiger partial charge in [-0.3, -0.25) is 0 Å². The molecule has 0 saturated carbocycles. The number of aromatic nitrogens is 3. The van der Waals surface area contributed by atoms with Gasteiger partial charge in [0.05, 0.1) is 42.7 Å². The first-order valence-corrected chi connectivity index (χ1v) is 14.4. The molecule has 0 unspecified atom stereocenters. The number of rotatable bonds is 8. The Morgan fingerprint density at radius 3 is 2.41 bits per heavy atom. The molecule has 2 aliphatic rings. The predicted molar refractivity (Wildman–Crippen MR) is 160 cm³/mol. The van der Waals surface area contributed by atoms with E-state index in [4.69, 9.17) is 24.3 Å². The molecule has 2 aromatic carbocycles. The Morgan fingerprint density at radius 2 is 1.73 bits per heavy atom. The molecule has 4 heterocycles. The minimum atomic E-state index is -0.445. The predicted octanol–water partition coefficient (Wildman–Crippen LogP) is 5.06. The number of fused-ring (bicyclic) bond motifs is 1. The largest absolute Gasteiger partial charge is 0.461 e. The van der Waals surface area contributed by atoms with Crippen molar-refractivity contribution in [2.45, 2.75) is 32.8 Å². The summed E-state index contributed by atoms with van der Waals surface area (Å²) in [6, 6.07) is 18.7. The number of hydrogen-bond acceptors (Lipinski definition) is 8. The number of carbonyl (C=O) groups excluding carboxylic acids is 1. The Labute approximate surface area is 240 Å². The van der Waals surface area contributed by atoms with E-state index >= 15 is 0 Å². The SMILES string of the molecule is CCOC(=O)c1cc(-c2ccc(N3CCOCC3)cc2)c2c(C(C)C)nn(-c3cccc(N4CC(OC)C4)c3)c2n1. The minimum Gasteiger partial charge on any atom is -0.461 e. The average molecular weight is 556 g/mol. The van der Waals surface area contributed by atoms with Crippen molar-refractivity contribution in [2.75, 3.05) is 62.9 Å². The number of ether oxygens (including phenoxy) is 3. The number of esters is 1. The Morgan fingerprint density at radius 1 is 1.00 bits per heavy atom. The first-order chi connectivity index (χ1) is 20.0. The summed E-state index contributed by atoms with van der Waals surface area (Å²) in [6.07, 6.45) is 0.253. The van der Waals surface area contributed by atoms with Crippen molar-refractivity contribution in [2.24, 2.45) is 0 Å². The van der Waals surface area contributed by atoms with Crippen molar-refractivity contribution < 1.29 is 19.0 Å². The van der Waals surface area contributed by atoms with Gasteiger partial charge in [0.15, 0.2) is 11.3 Å². The molecule has 2 saturated heterocycles. The van der Waals surface area contributed by atoms with Gasteiger partial charge in [0.25, 0.3) is 0 Å². The maximum Gasteiger partial charge on any atom is 0.357 e. The van der Waals surface area contributed by atoms with Gasteiger partial charge in [-0.1, -0.05) is 32.0 Å². The number of hydrogen-bond donors (Lipinski definition) is 0. The third-order valence-corrected chi connectivity index (χ3v) is 7.87. The zero-order chi connectivity index (χ0) is 28.5. The van der Waals surface area contributed by atoms with Gasteiger partial charge in [-0.2, -0.15) is 5.10 Å². The minimum absolute atomic E-state index is 0.140. The number of benzene rings is 2. The van der Waals surface area contributed by atoms with Crippen molar-refractivity contribution in [1.82, 2.24) is 14.8 Å². The van der Waals surface area contributed by atoms with Gasteiger partial charge in [0, 0.05) is 44.7 Å². The first-order valence-electron chi connectivity index (χ1n) is 14.4. The van der Waals surface area contributed by atoms with Crippen LogP contribution in [0.5, 0.6) is 0 Å². The Bertz CT molecular complexity index is 1540. The molecular weight excluding hydrogens is 518 g/mol. The van der Waals surface area contributed by atoms with E-state index < -0.39 is 5.97 Å². The lowest BCUT2D eigenvalue weighted by molar-refractivity contribution is 0.0520. The number of carbonyl (C=O) groups is 1. The van der Waals surface area contributed by atoms with E-state index in [1.54, 1.807) is 14.0 Å². The second-order valence-corrected chi connectivity index (χ2v) is 10.9. The molecule has 0 amide bonds. The smallest absolute Gasteiger partial charge is 0.357 e. The number of anilines is 2. The van der Waals surface area contributed by atoms with Crippen LogP contribution in [0.4, 0.5) is 11.4 Å². The summed E-state index contributed by atoms with van der Waals surface area (Å²) < 4.78 is 18.3. The van der Waals surface area contributed by atoms with Crippen LogP contribution in [0, 0.1) is 0 Å². The molecule has 2 fully saturated rings. The third-order valence-electron chi connectivity index (χ3n) is 7.87. The summed E-state index contributed by atoms with van der Waals surface area (Å²) in [7, 11) is 1.75. The molecule has 2 aliphatic heterocycles. The van der Waals surface area contributed by atoms with Gasteiger partial charge >= 0.3 is 5.97 Å². The van der Waals surface area contributed by atoms with E-state index in [0.717, 1.165) is 78.7 Å². The van der Waals surface area contributed by atoms with E-state index in [1.807, 2.05) is 22.9 Å². The molecule has 6 rings (SSSR count). The summed E-state index contributed by atoms with van der Waals surface area (Å²) >= 11 is 0. The summed E-state index contributed by atoms with van der Waals surface area (Å²) in [4.78, 5) is 22.5. The lowest BCUT2D eigenvalue weighted by Crippen LogP contribution is -2.51. The highest BCUT2D eigenvalue weighted by Gasteiger charge is 2.28. The van der Waals surface area contributed by atoms with Crippen LogP contribution in [0.2, 0.25) is 0 Å². The van der Waals surface area contributed by atoms with Crippen LogP contribution >= 0.6 is 0 Å². The van der Waals surface area contributed by atoms with Crippen LogP contribution in [0.25, 0.3) is 27.8 Å². The summed E-state index contributed by atoms with van der Waals surface area (Å²) in [6.45, 7) is 11.3. The summed E-state index contributed by atoms with van der Waals surface area (Å²) in [5.74, 6) is -0.305. The summed E-state index contributed by atoms with van der Waals surface area (Å²) in [5, 5.41) is 6.04. The van der Waals surface area contributed by atoms with Gasteiger partial charge in [-0.25, -0.2) is 14.5 Å². The highest BCUT2D eigenvalue weighted by molar-refractivity contribution is 6.00. The molecule has 0 bridgehead atoms. The van der Waals surface area contributed by atoms with Gasteiger partial charge in [0.1, 0.15) is 0 Å². The first kappa shape index (κ1) is 27.2. The highest BCUT2D eigenvalue weighted by atomic mass is 16.5. The van der Waals surface area contributed by atoms with Crippen LogP contribution in [0.1, 0.15) is 42.9 Å². The Kier molecular flexibility index (Phi) is 7.64. The van der Waals surface area contributed by atoms with E-state index in [1.165, 1.54) is 0 Å². The van der Waals surface area contributed by atoms with E-state index in [-0.39, 0.29) is 24.3 Å². The number of methoxy groups -OCH3 is 1. The van der Waals surface area contributed by atoms with Gasteiger partial charge in [0.2, 0.25) is 0 Å². The quantitative estimate of drug-likeness (QED) is 0.279. The molecule has 0 atom stereocenters. The molecule has 0 radical (unpaired) electrons. The molecule has 0 N–H and O–H groups in total. The van der Waals surface area contributed by atoms with E-state index in [9.17, 15) is 4.79 Å². The molecular formula is C32H37N5O4. The Balaban J connectivity index is 1.49. The van der Waals surface area contributed by atoms with Crippen molar-refractivity contribution in [3.05, 3.63) is 66.0 Å². The Hall–Kier alpha value is -3.95. The van der Waals surface area contributed by atoms with Crippen molar-refractivity contribution >= 4 is 28.4 Å². The molecule has 4 aromatic rings. The topological polar surface area (TPSA) is 82.0 Å². The van der Waals surface area contributed by atoms with Crippen LogP contribution < -0.4 is 9.80 Å². The van der Waals surface area contributed by atoms with Crippen LogP contribution in [0.15, 0.2) is 54.6 Å². The maximum atomic E-state index is 13.0. The molecule has 0 aliphatic carbocycles. The lowest BCUT2D eigenvalue weighted by Gasteiger charge is -2.40. The van der Waals surface area contributed by atoms with Crippen molar-refractivity contribution in [3.8, 4) is 16.8 Å². The molecule has 0 spiro atoms. The molecule has 9 nitrogen and oxygen atoms in total. The van der Waals surface area contributed by atoms with Crippen molar-refractivity contribution in [1.29, 1.82) is 0 Å². The van der Waals surface area contributed by atoms with Crippen LogP contribution in [-0.2, 0) is 14.2 Å². The van der Waals surface area contributed by atoms with Crippen LogP contribution in [0.3, 0.4) is 0 Å². The summed E-state index contributed by atoms with van der Waals surface area (Å²) in [5.41, 5.74) is 6.92. The van der Waals surface area contributed by atoms with E-state index in [2.05, 4.69) is 60.0 Å². The standard InChI is InChI=1S/C32H37N5O4/c1-5-41-32(38)28-18-27(22-9-11-23(12-10-22)35-13-15-40-16-14-35)29-30(21(2)3)34-37(31(29)33-28)25-8-6-7-24(17-25)36-19-26(20-36)39-4/h6-12,17-18,21,26H,5,13-16,19-20H2,1-4H3. The number of pyridine rings is 1. The number of morpholine rings is 1. The second kappa shape index (κ2) is 11.5. The fourth-order valence-corrected chi connectivity index (χ4v) is 5.56. The van der Waals surface area contributed by atoms with Gasteiger partial charge < -0.3 is 24.0 Å². The molecule has 214 valence electrons. The monoisotopic (exact) mass is 555 g/mol. The van der Waals surface area contributed by atoms with Gasteiger partial charge in [-0.15, -0.1) is 0 Å². The fourth-order valence-electron chi connectivity index (χ4n) is 5.56. The van der Waals surface area contributed by atoms with Crippen molar-refractivity contribution in [3.63, 3.8) is 0 Å². The van der Waals surface area contributed by atoms with Gasteiger partial charge in [-0.05, 0) is 60.4 Å². The fraction of sp³-hybridized carbons (Fsp3) is 0.406. The maximum absolute atomic E-state index is 13.0. The zero-order valence-electron chi connectivity index (χ0n) is 24.2. The lowest BCUT2D eigenvalue weighted by atomic mass is 9.97. The molecule has 2 aromatic heterocycles. The number of nitrogens with zero attached hydrogens (tertiary/aromatic N) is 5. The normalized spacial score (nSPS) is 15.9. The van der Waals surface area contributed by atoms with E-state index in [0.29, 0.717) is 5.65 Å². The third kappa shape index (κ3) is 5.27. The molecule has 9 heteroatoms. The van der Waals surface area contributed by atoms with Crippen LogP contribution in [-0.4, -0.2) is 79.9 Å². The molecule has 41 heavy (non-hydrogen) atoms. The second-order valence-electron chi connectivity index (χ2n) is 10.9.